The van der Waals surface area contributed by atoms with Crippen LogP contribution < -0.4 is 4.74 Å². The number of halogens is 3. The summed E-state index contributed by atoms with van der Waals surface area (Å²) >= 11 is 0. The van der Waals surface area contributed by atoms with E-state index in [2.05, 4.69) is 6.92 Å². The molecule has 0 amide bonds. The molecule has 0 unspecified atom stereocenters. The fraction of sp³-hybridized carbons (Fsp3) is 0.636. The summed E-state index contributed by atoms with van der Waals surface area (Å²) in [5.74, 6) is 3.05. The molecule has 4 rings (SSSR count). The molecule has 0 aromatic heterocycles. The Bertz CT molecular complexity index is 958. The maximum Gasteiger partial charge on any atom is 0.134 e. The van der Waals surface area contributed by atoms with Gasteiger partial charge in [-0.05, 0) is 111 Å². The summed E-state index contributed by atoms with van der Waals surface area (Å²) in [6, 6.07) is 9.99. The minimum atomic E-state index is -0.383. The lowest BCUT2D eigenvalue weighted by molar-refractivity contribution is 0.140. The highest BCUT2D eigenvalue weighted by molar-refractivity contribution is 5.65. The second-order valence-corrected chi connectivity index (χ2v) is 11.6. The van der Waals surface area contributed by atoms with E-state index in [0.29, 0.717) is 29.4 Å². The van der Waals surface area contributed by atoms with Crippen LogP contribution in [0.2, 0.25) is 0 Å². The number of benzene rings is 2. The molecule has 2 aliphatic rings. The van der Waals surface area contributed by atoms with Gasteiger partial charge >= 0.3 is 0 Å². The summed E-state index contributed by atoms with van der Waals surface area (Å²) in [5.41, 5.74) is 1.71. The summed E-state index contributed by atoms with van der Waals surface area (Å²) < 4.78 is 47.7. The molecule has 0 heterocycles. The number of alkyl halides is 1. The van der Waals surface area contributed by atoms with Crippen LogP contribution in [0.1, 0.15) is 96.0 Å². The van der Waals surface area contributed by atoms with Crippen molar-refractivity contribution in [3.63, 3.8) is 0 Å². The van der Waals surface area contributed by atoms with E-state index in [0.717, 1.165) is 61.8 Å². The Hall–Kier alpha value is -1.97. The van der Waals surface area contributed by atoms with E-state index in [1.165, 1.54) is 63.5 Å². The Morgan fingerprint density at radius 1 is 0.757 bits per heavy atom. The summed E-state index contributed by atoms with van der Waals surface area (Å²) in [4.78, 5) is 0. The van der Waals surface area contributed by atoms with Crippen LogP contribution in [0.3, 0.4) is 0 Å². The Morgan fingerprint density at radius 2 is 1.43 bits per heavy atom. The first-order valence-electron chi connectivity index (χ1n) is 14.8. The van der Waals surface area contributed by atoms with Crippen molar-refractivity contribution >= 4 is 0 Å². The standard InChI is InChI=1S/C33H45F3O/c1-2-3-21-37-30-18-19-31(33(36)23-30)29-17-16-28(32(35)22-29)15-10-25-8-13-27(14-9-25)26-11-6-24(7-12-26)5-4-20-34/h16-19,22-27H,2-15,20-21H2,1H3. The van der Waals surface area contributed by atoms with Gasteiger partial charge in [0.05, 0.1) is 13.3 Å². The van der Waals surface area contributed by atoms with Crippen molar-refractivity contribution in [3.8, 4) is 16.9 Å². The first-order chi connectivity index (χ1) is 18.1. The van der Waals surface area contributed by atoms with Crippen LogP contribution in [0.15, 0.2) is 36.4 Å². The highest BCUT2D eigenvalue weighted by Gasteiger charge is 2.30. The van der Waals surface area contributed by atoms with Gasteiger partial charge in [-0.3, -0.25) is 4.39 Å². The fourth-order valence-corrected chi connectivity index (χ4v) is 6.69. The quantitative estimate of drug-likeness (QED) is 0.256. The van der Waals surface area contributed by atoms with Crippen molar-refractivity contribution < 1.29 is 17.9 Å². The van der Waals surface area contributed by atoms with Crippen molar-refractivity contribution in [3.05, 3.63) is 53.6 Å². The van der Waals surface area contributed by atoms with Gasteiger partial charge in [0.15, 0.2) is 0 Å². The van der Waals surface area contributed by atoms with Gasteiger partial charge in [-0.1, -0.05) is 51.2 Å². The predicted molar refractivity (Wildman–Crippen MR) is 147 cm³/mol. The van der Waals surface area contributed by atoms with Gasteiger partial charge in [0, 0.05) is 11.6 Å². The molecule has 0 atom stereocenters. The van der Waals surface area contributed by atoms with E-state index in [4.69, 9.17) is 4.74 Å². The third kappa shape index (κ3) is 8.01. The zero-order valence-electron chi connectivity index (χ0n) is 22.6. The molecule has 0 aliphatic heterocycles. The molecule has 2 saturated carbocycles. The first-order valence-corrected chi connectivity index (χ1v) is 14.8. The Labute approximate surface area is 222 Å². The number of hydrogen-bond acceptors (Lipinski definition) is 1. The molecular weight excluding hydrogens is 469 g/mol. The van der Waals surface area contributed by atoms with Crippen molar-refractivity contribution in [2.75, 3.05) is 13.3 Å². The van der Waals surface area contributed by atoms with Crippen LogP contribution in [-0.4, -0.2) is 13.3 Å². The second kappa shape index (κ2) is 14.3. The molecule has 37 heavy (non-hydrogen) atoms. The van der Waals surface area contributed by atoms with Gasteiger partial charge in [-0.15, -0.1) is 0 Å². The largest absolute Gasteiger partial charge is 0.493 e. The van der Waals surface area contributed by atoms with Crippen molar-refractivity contribution in [1.29, 1.82) is 0 Å². The van der Waals surface area contributed by atoms with Crippen molar-refractivity contribution in [2.45, 2.75) is 96.8 Å². The van der Waals surface area contributed by atoms with Crippen molar-refractivity contribution in [1.82, 2.24) is 0 Å². The van der Waals surface area contributed by atoms with Gasteiger partial charge < -0.3 is 4.74 Å². The first kappa shape index (κ1) is 28.0. The molecule has 2 aliphatic carbocycles. The highest BCUT2D eigenvalue weighted by atomic mass is 19.1. The number of unbranched alkanes of at least 4 members (excludes halogenated alkanes) is 1. The average Bonchev–Trinajstić information content (AvgIpc) is 2.92. The minimum absolute atomic E-state index is 0.167. The van der Waals surface area contributed by atoms with E-state index in [1.54, 1.807) is 12.1 Å². The smallest absolute Gasteiger partial charge is 0.134 e. The van der Waals surface area contributed by atoms with Gasteiger partial charge in [0.2, 0.25) is 0 Å². The maximum absolute atomic E-state index is 15.0. The number of aryl methyl sites for hydroxylation is 1. The zero-order chi connectivity index (χ0) is 26.0. The molecule has 2 fully saturated rings. The molecule has 2 aromatic rings. The van der Waals surface area contributed by atoms with Crippen LogP contribution in [-0.2, 0) is 6.42 Å². The Morgan fingerprint density at radius 3 is 2.03 bits per heavy atom. The normalized spacial score (nSPS) is 24.2. The molecule has 0 bridgehead atoms. The molecular formula is C33H45F3O. The number of ether oxygens (including phenoxy) is 1. The summed E-state index contributed by atoms with van der Waals surface area (Å²) in [7, 11) is 0. The van der Waals surface area contributed by atoms with E-state index >= 15 is 0 Å². The topological polar surface area (TPSA) is 9.23 Å². The van der Waals surface area contributed by atoms with E-state index in [-0.39, 0.29) is 18.3 Å². The SMILES string of the molecule is CCCCOc1ccc(-c2ccc(CCC3CCC(C4CCC(CCCF)CC4)CC3)c(F)c2)c(F)c1. The molecule has 2 aromatic carbocycles. The molecule has 0 N–H and O–H groups in total. The van der Waals surface area contributed by atoms with Gasteiger partial charge in [-0.25, -0.2) is 8.78 Å². The van der Waals surface area contributed by atoms with Crippen LogP contribution in [0, 0.1) is 35.3 Å². The molecule has 0 radical (unpaired) electrons. The van der Waals surface area contributed by atoms with E-state index in [1.807, 2.05) is 12.1 Å². The Balaban J connectivity index is 1.23. The zero-order valence-corrected chi connectivity index (χ0v) is 22.6. The van der Waals surface area contributed by atoms with Crippen LogP contribution in [0.4, 0.5) is 13.2 Å². The lowest BCUT2D eigenvalue weighted by Gasteiger charge is -2.38. The summed E-state index contributed by atoms with van der Waals surface area (Å²) in [6.45, 7) is 2.49. The molecule has 1 nitrogen and oxygen atoms in total. The third-order valence-electron chi connectivity index (χ3n) is 9.09. The molecule has 0 saturated heterocycles. The average molecular weight is 515 g/mol. The minimum Gasteiger partial charge on any atom is -0.493 e. The van der Waals surface area contributed by atoms with Crippen LogP contribution in [0.25, 0.3) is 11.1 Å². The lowest BCUT2D eigenvalue weighted by Crippen LogP contribution is -2.26. The van der Waals surface area contributed by atoms with Crippen molar-refractivity contribution in [2.24, 2.45) is 23.7 Å². The molecule has 4 heteroatoms. The van der Waals surface area contributed by atoms with Gasteiger partial charge in [-0.2, -0.15) is 0 Å². The monoisotopic (exact) mass is 514 g/mol. The van der Waals surface area contributed by atoms with Gasteiger partial charge in [0.1, 0.15) is 17.4 Å². The maximum atomic E-state index is 15.0. The van der Waals surface area contributed by atoms with E-state index in [9.17, 15) is 13.2 Å². The highest BCUT2D eigenvalue weighted by Crippen LogP contribution is 2.43. The number of rotatable bonds is 12. The predicted octanol–water partition coefficient (Wildman–Crippen LogP) is 10.1. The molecule has 0 spiro atoms. The Kier molecular flexibility index (Phi) is 10.8. The third-order valence-corrected chi connectivity index (χ3v) is 9.09. The second-order valence-electron chi connectivity index (χ2n) is 11.6. The number of hydrogen-bond donors (Lipinski definition) is 0. The van der Waals surface area contributed by atoms with Crippen LogP contribution >= 0.6 is 0 Å². The van der Waals surface area contributed by atoms with E-state index < -0.39 is 0 Å². The van der Waals surface area contributed by atoms with Crippen LogP contribution in [0.5, 0.6) is 5.75 Å². The fourth-order valence-electron chi connectivity index (χ4n) is 6.69. The summed E-state index contributed by atoms with van der Waals surface area (Å²) in [5, 5.41) is 0. The lowest BCUT2D eigenvalue weighted by atomic mass is 9.68. The molecule has 204 valence electrons. The summed E-state index contributed by atoms with van der Waals surface area (Å²) in [6.07, 6.45) is 15.9. The van der Waals surface area contributed by atoms with Gasteiger partial charge in [0.25, 0.3) is 0 Å².